The molecule has 0 N–H and O–H groups in total. The molecule has 1 aromatic rings. The molecule has 2 aliphatic carbocycles. The van der Waals surface area contributed by atoms with Gasteiger partial charge in [0.1, 0.15) is 11.7 Å². The van der Waals surface area contributed by atoms with E-state index in [4.69, 9.17) is 0 Å². The SMILES string of the molecule is C=C/C(Cc1ccc(F)cc1)=N\N=C(/C)N1CCC(C)=C(N(C)C)[C@H]1C1=CC2CC=CC=C(C)C2=C1. The van der Waals surface area contributed by atoms with Gasteiger partial charge in [0.25, 0.3) is 0 Å². The average molecular weight is 485 g/mol. The summed E-state index contributed by atoms with van der Waals surface area (Å²) >= 11 is 0. The molecular formula is C31H37FN4. The Morgan fingerprint density at radius 2 is 1.94 bits per heavy atom. The van der Waals surface area contributed by atoms with Crippen LogP contribution in [0, 0.1) is 11.7 Å². The first-order valence-corrected chi connectivity index (χ1v) is 12.7. The van der Waals surface area contributed by atoms with Gasteiger partial charge in [0, 0.05) is 38.7 Å². The van der Waals surface area contributed by atoms with Crippen molar-refractivity contribution in [3.8, 4) is 0 Å². The molecule has 2 atom stereocenters. The Bertz CT molecular complexity index is 1220. The number of benzene rings is 1. The third-order valence-corrected chi connectivity index (χ3v) is 7.25. The van der Waals surface area contributed by atoms with E-state index in [1.54, 1.807) is 18.2 Å². The van der Waals surface area contributed by atoms with Crippen LogP contribution in [0.15, 0.2) is 105 Å². The van der Waals surface area contributed by atoms with Gasteiger partial charge in [-0.1, -0.05) is 49.1 Å². The van der Waals surface area contributed by atoms with Gasteiger partial charge in [0.05, 0.1) is 11.8 Å². The number of hydrogen-bond acceptors (Lipinski definition) is 3. The summed E-state index contributed by atoms with van der Waals surface area (Å²) in [6.45, 7) is 11.3. The number of amidine groups is 1. The molecule has 1 aliphatic heterocycles. The first-order chi connectivity index (χ1) is 17.3. The van der Waals surface area contributed by atoms with Gasteiger partial charge in [0.15, 0.2) is 0 Å². The predicted molar refractivity (Wildman–Crippen MR) is 150 cm³/mol. The summed E-state index contributed by atoms with van der Waals surface area (Å²) < 4.78 is 13.3. The van der Waals surface area contributed by atoms with E-state index in [1.165, 1.54) is 40.1 Å². The zero-order chi connectivity index (χ0) is 25.8. The molecule has 188 valence electrons. The highest BCUT2D eigenvalue weighted by Gasteiger charge is 2.35. The summed E-state index contributed by atoms with van der Waals surface area (Å²) in [7, 11) is 4.26. The minimum atomic E-state index is -0.241. The minimum Gasteiger partial charge on any atom is -0.379 e. The smallest absolute Gasteiger partial charge is 0.125 e. The van der Waals surface area contributed by atoms with Crippen molar-refractivity contribution in [1.82, 2.24) is 9.80 Å². The first kappa shape index (κ1) is 25.6. The number of hydrogen-bond donors (Lipinski definition) is 0. The van der Waals surface area contributed by atoms with Crippen LogP contribution in [0.3, 0.4) is 0 Å². The second-order valence-corrected chi connectivity index (χ2v) is 10.0. The molecule has 0 bridgehead atoms. The second kappa shape index (κ2) is 11.1. The number of allylic oxidation sites excluding steroid dienone is 7. The van der Waals surface area contributed by atoms with Crippen LogP contribution < -0.4 is 0 Å². The van der Waals surface area contributed by atoms with Gasteiger partial charge in [-0.15, -0.1) is 5.10 Å². The lowest BCUT2D eigenvalue weighted by Crippen LogP contribution is -2.47. The zero-order valence-corrected chi connectivity index (χ0v) is 22.1. The molecule has 4 nitrogen and oxygen atoms in total. The van der Waals surface area contributed by atoms with Crippen molar-refractivity contribution in [2.45, 2.75) is 46.1 Å². The highest BCUT2D eigenvalue weighted by molar-refractivity contribution is 5.96. The predicted octanol–water partition coefficient (Wildman–Crippen LogP) is 6.63. The standard InChI is InChI=1S/C31H37FN4/c1-7-28(18-24-12-14-27(32)15-13-24)34-33-23(4)36-17-16-22(3)30(35(5)6)31(36)26-19-25-11-9-8-10-21(2)29(25)20-26/h7-10,12-15,19-20,25,31H,1,11,16-18H2,2-6H3/b33-23+,34-28+/t25?,31-/m1/s1. The lowest BCUT2D eigenvalue weighted by molar-refractivity contribution is 0.301. The molecule has 36 heavy (non-hydrogen) atoms. The number of halogens is 1. The van der Waals surface area contributed by atoms with Crippen LogP contribution in [0.4, 0.5) is 4.39 Å². The van der Waals surface area contributed by atoms with Crippen LogP contribution in [-0.2, 0) is 6.42 Å². The fourth-order valence-electron chi connectivity index (χ4n) is 5.35. The normalized spacial score (nSPS) is 22.6. The van der Waals surface area contributed by atoms with E-state index in [-0.39, 0.29) is 11.9 Å². The van der Waals surface area contributed by atoms with Gasteiger partial charge in [-0.3, -0.25) is 0 Å². The Morgan fingerprint density at radius 1 is 1.19 bits per heavy atom. The van der Waals surface area contributed by atoms with Crippen molar-refractivity contribution in [2.75, 3.05) is 20.6 Å². The molecule has 0 radical (unpaired) electrons. The Morgan fingerprint density at radius 3 is 2.64 bits per heavy atom. The van der Waals surface area contributed by atoms with Crippen LogP contribution in [0.2, 0.25) is 0 Å². The van der Waals surface area contributed by atoms with E-state index in [2.05, 4.69) is 84.9 Å². The van der Waals surface area contributed by atoms with E-state index >= 15 is 0 Å². The Balaban J connectivity index is 1.66. The number of nitrogens with zero attached hydrogens (tertiary/aromatic N) is 4. The van der Waals surface area contributed by atoms with Gasteiger partial charge in [-0.2, -0.15) is 5.10 Å². The summed E-state index contributed by atoms with van der Waals surface area (Å²) in [5, 5.41) is 9.22. The van der Waals surface area contributed by atoms with Crippen molar-refractivity contribution in [2.24, 2.45) is 16.1 Å². The third-order valence-electron chi connectivity index (χ3n) is 7.25. The van der Waals surface area contributed by atoms with Crippen LogP contribution in [0.1, 0.15) is 39.2 Å². The Kier molecular flexibility index (Phi) is 7.88. The van der Waals surface area contributed by atoms with Crippen LogP contribution >= 0.6 is 0 Å². The fourth-order valence-corrected chi connectivity index (χ4v) is 5.35. The highest BCUT2D eigenvalue weighted by atomic mass is 19.1. The van der Waals surface area contributed by atoms with Crippen LogP contribution in [-0.4, -0.2) is 48.0 Å². The molecule has 4 rings (SSSR count). The zero-order valence-electron chi connectivity index (χ0n) is 22.1. The summed E-state index contributed by atoms with van der Waals surface area (Å²) in [4.78, 5) is 4.63. The van der Waals surface area contributed by atoms with Gasteiger partial charge < -0.3 is 9.80 Å². The molecule has 0 saturated carbocycles. The van der Waals surface area contributed by atoms with Gasteiger partial charge in [-0.05, 0) is 79.7 Å². The maximum Gasteiger partial charge on any atom is 0.125 e. The van der Waals surface area contributed by atoms with E-state index in [9.17, 15) is 4.39 Å². The van der Waals surface area contributed by atoms with Gasteiger partial charge >= 0.3 is 0 Å². The molecule has 1 aromatic carbocycles. The number of fused-ring (bicyclic) bond motifs is 1. The Hall–Kier alpha value is -3.47. The van der Waals surface area contributed by atoms with Crippen molar-refractivity contribution in [3.05, 3.63) is 107 Å². The van der Waals surface area contributed by atoms with Crippen LogP contribution in [0.25, 0.3) is 0 Å². The van der Waals surface area contributed by atoms with Crippen molar-refractivity contribution >= 4 is 11.5 Å². The highest BCUT2D eigenvalue weighted by Crippen LogP contribution is 2.40. The van der Waals surface area contributed by atoms with Crippen molar-refractivity contribution in [3.63, 3.8) is 0 Å². The molecule has 0 fully saturated rings. The molecule has 0 spiro atoms. The van der Waals surface area contributed by atoms with E-state index in [0.717, 1.165) is 36.5 Å². The lowest BCUT2D eigenvalue weighted by atomic mass is 9.92. The molecule has 1 unspecified atom stereocenters. The van der Waals surface area contributed by atoms with E-state index in [0.29, 0.717) is 12.3 Å². The average Bonchev–Trinajstić information content (AvgIpc) is 3.21. The molecule has 0 amide bonds. The Labute approximate surface area is 215 Å². The van der Waals surface area contributed by atoms with Crippen LogP contribution in [0.5, 0.6) is 0 Å². The monoisotopic (exact) mass is 484 g/mol. The van der Waals surface area contributed by atoms with Crippen molar-refractivity contribution in [1.29, 1.82) is 0 Å². The summed E-state index contributed by atoms with van der Waals surface area (Å²) in [5.41, 5.74) is 8.55. The number of rotatable bonds is 6. The second-order valence-electron chi connectivity index (χ2n) is 10.0. The molecular weight excluding hydrogens is 447 g/mol. The molecule has 0 aromatic heterocycles. The maximum absolute atomic E-state index is 13.3. The van der Waals surface area contributed by atoms with Gasteiger partial charge in [-0.25, -0.2) is 4.39 Å². The summed E-state index contributed by atoms with van der Waals surface area (Å²) in [6.07, 6.45) is 15.8. The molecule has 1 heterocycles. The fraction of sp³-hybridized carbons (Fsp3) is 0.355. The molecule has 0 saturated heterocycles. The summed E-state index contributed by atoms with van der Waals surface area (Å²) in [6, 6.07) is 6.58. The topological polar surface area (TPSA) is 31.2 Å². The first-order valence-electron chi connectivity index (χ1n) is 12.7. The van der Waals surface area contributed by atoms with E-state index in [1.807, 2.05) is 6.92 Å². The number of likely N-dealkylation sites (N-methyl/N-ethyl adjacent to an activating group) is 1. The van der Waals surface area contributed by atoms with Gasteiger partial charge in [0.2, 0.25) is 0 Å². The quantitative estimate of drug-likeness (QED) is 0.258. The third kappa shape index (κ3) is 5.51. The lowest BCUT2D eigenvalue weighted by Gasteiger charge is -2.42. The minimum absolute atomic E-state index is 0.0909. The van der Waals surface area contributed by atoms with E-state index < -0.39 is 0 Å². The molecule has 3 aliphatic rings. The maximum atomic E-state index is 13.3. The summed E-state index contributed by atoms with van der Waals surface area (Å²) in [5.74, 6) is 1.05. The largest absolute Gasteiger partial charge is 0.379 e. The molecule has 5 heteroatoms. The van der Waals surface area contributed by atoms with Crippen molar-refractivity contribution < 1.29 is 4.39 Å².